The number of anilines is 1. The van der Waals surface area contributed by atoms with Crippen molar-refractivity contribution in [3.05, 3.63) is 53.9 Å². The summed E-state index contributed by atoms with van der Waals surface area (Å²) in [5.41, 5.74) is 2.81. The number of aryl methyl sites for hydroxylation is 1. The molecule has 0 unspecified atom stereocenters. The van der Waals surface area contributed by atoms with Crippen LogP contribution in [0.15, 0.2) is 42.6 Å². The Morgan fingerprint density at radius 2 is 1.93 bits per heavy atom. The average molecular weight is 380 g/mol. The van der Waals surface area contributed by atoms with Crippen molar-refractivity contribution < 1.29 is 9.59 Å². The van der Waals surface area contributed by atoms with E-state index < -0.39 is 6.04 Å². The minimum absolute atomic E-state index is 0.0403. The molecule has 2 aromatic rings. The second-order valence-electron chi connectivity index (χ2n) is 8.09. The molecule has 2 amide bonds. The molecule has 28 heavy (non-hydrogen) atoms. The Morgan fingerprint density at radius 3 is 2.71 bits per heavy atom. The normalized spacial score (nSPS) is 24.7. The predicted molar refractivity (Wildman–Crippen MR) is 110 cm³/mol. The molecule has 2 aliphatic rings. The molecule has 0 spiro atoms. The van der Waals surface area contributed by atoms with Crippen LogP contribution < -0.4 is 10.2 Å². The largest absolute Gasteiger partial charge is 0.351 e. The van der Waals surface area contributed by atoms with Crippen molar-refractivity contribution in [1.82, 2.24) is 9.88 Å². The lowest BCUT2D eigenvalue weighted by atomic mass is 9.85. The van der Waals surface area contributed by atoms with Crippen LogP contribution in [0, 0.1) is 5.92 Å². The highest BCUT2D eigenvalue weighted by atomic mass is 16.2. The summed E-state index contributed by atoms with van der Waals surface area (Å²) in [4.78, 5) is 28.3. The van der Waals surface area contributed by atoms with Gasteiger partial charge in [-0.15, -0.1) is 0 Å². The number of carbonyl (C=O) groups excluding carboxylic acids is 2. The number of hydrogen-bond donors (Lipinski definition) is 1. The summed E-state index contributed by atoms with van der Waals surface area (Å²) in [5, 5.41) is 3.28. The van der Waals surface area contributed by atoms with E-state index in [0.717, 1.165) is 42.6 Å². The van der Waals surface area contributed by atoms with Crippen LogP contribution in [-0.2, 0) is 22.6 Å². The number of nitrogens with one attached hydrogen (secondary N) is 1. The first kappa shape index (κ1) is 18.8. The van der Waals surface area contributed by atoms with E-state index in [0.29, 0.717) is 5.92 Å². The summed E-state index contributed by atoms with van der Waals surface area (Å²) in [7, 11) is 0. The van der Waals surface area contributed by atoms with E-state index in [2.05, 4.69) is 19.2 Å². The van der Waals surface area contributed by atoms with Crippen molar-refractivity contribution in [3.8, 4) is 0 Å². The van der Waals surface area contributed by atoms with Gasteiger partial charge in [-0.3, -0.25) is 14.5 Å². The quantitative estimate of drug-likeness (QED) is 0.878. The lowest BCUT2D eigenvalue weighted by Gasteiger charge is -2.38. The average Bonchev–Trinajstić information content (AvgIpc) is 3.16. The molecule has 1 saturated carbocycles. The standard InChI is InChI=1S/C23H29N3O2/c1-3-17-10-5-7-12-19(17)26-21(27)15-25-14-8-13-20(25)22(26)23(28)24-18-11-6-4-9-16(18)2/h5,7-8,10,12-14,16,18,22H,3-4,6,9,11,15H2,1-2H3,(H,24,28)/t16-,18+,22-/m1/s1. The fourth-order valence-corrected chi connectivity index (χ4v) is 4.68. The van der Waals surface area contributed by atoms with Gasteiger partial charge < -0.3 is 9.88 Å². The molecule has 5 heteroatoms. The molecule has 0 saturated heterocycles. The Bertz CT molecular complexity index is 872. The molecular weight excluding hydrogens is 350 g/mol. The van der Waals surface area contributed by atoms with E-state index in [1.54, 1.807) is 4.90 Å². The van der Waals surface area contributed by atoms with E-state index in [-0.39, 0.29) is 24.4 Å². The highest BCUT2D eigenvalue weighted by Gasteiger charge is 2.40. The summed E-state index contributed by atoms with van der Waals surface area (Å²) in [6.45, 7) is 4.56. The predicted octanol–water partition coefficient (Wildman–Crippen LogP) is 3.83. The second-order valence-corrected chi connectivity index (χ2v) is 8.09. The summed E-state index contributed by atoms with van der Waals surface area (Å²) >= 11 is 0. The van der Waals surface area contributed by atoms with Crippen molar-refractivity contribution in [3.63, 3.8) is 0 Å². The minimum atomic E-state index is -0.627. The Kier molecular flexibility index (Phi) is 5.25. The first-order chi connectivity index (χ1) is 13.6. The van der Waals surface area contributed by atoms with Crippen molar-refractivity contribution in [2.24, 2.45) is 5.92 Å². The molecule has 1 aliphatic carbocycles. The van der Waals surface area contributed by atoms with Crippen molar-refractivity contribution in [2.75, 3.05) is 4.90 Å². The molecule has 3 atom stereocenters. The molecule has 1 aromatic heterocycles. The SMILES string of the molecule is CCc1ccccc1N1C(=O)Cn2cccc2[C@@H]1C(=O)N[C@H]1CCCC[C@H]1C. The highest BCUT2D eigenvalue weighted by Crippen LogP contribution is 2.35. The Morgan fingerprint density at radius 1 is 1.14 bits per heavy atom. The van der Waals surface area contributed by atoms with Crippen molar-refractivity contribution in [1.29, 1.82) is 0 Å². The molecule has 4 rings (SSSR count). The van der Waals surface area contributed by atoms with Crippen LogP contribution in [-0.4, -0.2) is 22.4 Å². The van der Waals surface area contributed by atoms with Crippen LogP contribution in [0.5, 0.6) is 0 Å². The molecule has 1 aromatic carbocycles. The monoisotopic (exact) mass is 379 g/mol. The molecule has 0 bridgehead atoms. The molecule has 1 fully saturated rings. The molecular formula is C23H29N3O2. The van der Waals surface area contributed by atoms with Gasteiger partial charge in [-0.2, -0.15) is 0 Å². The van der Waals surface area contributed by atoms with Gasteiger partial charge in [-0.05, 0) is 48.9 Å². The van der Waals surface area contributed by atoms with Gasteiger partial charge in [0.2, 0.25) is 11.8 Å². The fourth-order valence-electron chi connectivity index (χ4n) is 4.68. The van der Waals surface area contributed by atoms with Crippen molar-refractivity contribution in [2.45, 2.75) is 64.6 Å². The number of para-hydroxylation sites is 1. The van der Waals surface area contributed by atoms with Crippen LogP contribution in [0.2, 0.25) is 0 Å². The number of carbonyl (C=O) groups is 2. The number of aromatic nitrogens is 1. The zero-order chi connectivity index (χ0) is 19.7. The Balaban J connectivity index is 1.72. The smallest absolute Gasteiger partial charge is 0.249 e. The van der Waals surface area contributed by atoms with Crippen LogP contribution in [0.4, 0.5) is 5.69 Å². The highest BCUT2D eigenvalue weighted by molar-refractivity contribution is 6.03. The van der Waals surface area contributed by atoms with E-state index in [1.165, 1.54) is 6.42 Å². The van der Waals surface area contributed by atoms with Gasteiger partial charge in [0.25, 0.3) is 0 Å². The number of amides is 2. The maximum Gasteiger partial charge on any atom is 0.249 e. The third-order valence-electron chi connectivity index (χ3n) is 6.30. The van der Waals surface area contributed by atoms with E-state index in [9.17, 15) is 9.59 Å². The maximum atomic E-state index is 13.5. The van der Waals surface area contributed by atoms with E-state index in [4.69, 9.17) is 0 Å². The van der Waals surface area contributed by atoms with Gasteiger partial charge in [-0.25, -0.2) is 0 Å². The third kappa shape index (κ3) is 3.34. The van der Waals surface area contributed by atoms with E-state index in [1.807, 2.05) is 47.2 Å². The number of hydrogen-bond acceptors (Lipinski definition) is 2. The first-order valence-corrected chi connectivity index (χ1v) is 10.5. The van der Waals surface area contributed by atoms with Gasteiger partial charge in [0.15, 0.2) is 6.04 Å². The van der Waals surface area contributed by atoms with Gasteiger partial charge in [0.05, 0.1) is 5.69 Å². The van der Waals surface area contributed by atoms with E-state index >= 15 is 0 Å². The number of benzene rings is 1. The molecule has 148 valence electrons. The summed E-state index contributed by atoms with van der Waals surface area (Å²) in [6.07, 6.45) is 7.24. The van der Waals surface area contributed by atoms with Gasteiger partial charge in [-0.1, -0.05) is 44.9 Å². The maximum absolute atomic E-state index is 13.5. The van der Waals surface area contributed by atoms with Gasteiger partial charge >= 0.3 is 0 Å². The van der Waals surface area contributed by atoms with Crippen LogP contribution in [0.1, 0.15) is 56.8 Å². The third-order valence-corrected chi connectivity index (χ3v) is 6.30. The first-order valence-electron chi connectivity index (χ1n) is 10.5. The second kappa shape index (κ2) is 7.82. The van der Waals surface area contributed by atoms with Gasteiger partial charge in [0, 0.05) is 17.9 Å². The summed E-state index contributed by atoms with van der Waals surface area (Å²) < 4.78 is 1.90. The number of nitrogens with zero attached hydrogens (tertiary/aromatic N) is 2. The van der Waals surface area contributed by atoms with Crippen LogP contribution >= 0.6 is 0 Å². The van der Waals surface area contributed by atoms with Crippen molar-refractivity contribution >= 4 is 17.5 Å². The number of fused-ring (bicyclic) bond motifs is 1. The number of rotatable bonds is 4. The summed E-state index contributed by atoms with van der Waals surface area (Å²) in [5.74, 6) is 0.360. The Hall–Kier alpha value is -2.56. The minimum Gasteiger partial charge on any atom is -0.351 e. The topological polar surface area (TPSA) is 54.3 Å². The van der Waals surface area contributed by atoms with Gasteiger partial charge in [0.1, 0.15) is 6.54 Å². The molecule has 1 N–H and O–H groups in total. The Labute approximate surface area is 166 Å². The fraction of sp³-hybridized carbons (Fsp3) is 0.478. The zero-order valence-electron chi connectivity index (χ0n) is 16.7. The summed E-state index contributed by atoms with van der Waals surface area (Å²) in [6, 6.07) is 11.4. The lowest BCUT2D eigenvalue weighted by Crippen LogP contribution is -2.52. The molecule has 0 radical (unpaired) electrons. The molecule has 2 heterocycles. The zero-order valence-corrected chi connectivity index (χ0v) is 16.7. The molecule has 5 nitrogen and oxygen atoms in total. The van der Waals surface area contributed by atoms with Crippen LogP contribution in [0.25, 0.3) is 0 Å². The molecule has 1 aliphatic heterocycles. The lowest BCUT2D eigenvalue weighted by molar-refractivity contribution is -0.129. The van der Waals surface area contributed by atoms with Crippen LogP contribution in [0.3, 0.4) is 0 Å².